The average molecular weight is 327 g/mol. The first-order valence-corrected chi connectivity index (χ1v) is 7.81. The van der Waals surface area contributed by atoms with Gasteiger partial charge in [-0.25, -0.2) is 4.98 Å². The molecule has 0 bridgehead atoms. The monoisotopic (exact) mass is 327 g/mol. The third-order valence-corrected chi connectivity index (χ3v) is 3.23. The molecule has 2 amide bonds. The highest BCUT2D eigenvalue weighted by molar-refractivity contribution is 6.06. The second-order valence-electron chi connectivity index (χ2n) is 5.46. The van der Waals surface area contributed by atoms with Crippen molar-refractivity contribution in [2.45, 2.75) is 20.8 Å². The summed E-state index contributed by atoms with van der Waals surface area (Å²) in [6.07, 6.45) is 1.58. The molecule has 6 nitrogen and oxygen atoms in total. The van der Waals surface area contributed by atoms with Crippen LogP contribution in [0.25, 0.3) is 0 Å². The van der Waals surface area contributed by atoms with Crippen LogP contribution in [0.4, 0.5) is 11.4 Å². The molecule has 0 saturated heterocycles. The van der Waals surface area contributed by atoms with Gasteiger partial charge in [-0.1, -0.05) is 13.8 Å². The number of pyridine rings is 1. The van der Waals surface area contributed by atoms with E-state index in [1.807, 2.05) is 20.8 Å². The van der Waals surface area contributed by atoms with Gasteiger partial charge < -0.3 is 15.4 Å². The van der Waals surface area contributed by atoms with Crippen LogP contribution in [-0.4, -0.2) is 23.4 Å². The summed E-state index contributed by atoms with van der Waals surface area (Å²) in [5.41, 5.74) is 1.67. The standard InChI is InChI=1S/C18H21N3O3/c1-4-24-18-15(6-5-11-19-18)17(23)21-14-9-7-13(8-10-14)20-16(22)12(2)3/h5-12H,4H2,1-3H3,(H,20,22)(H,21,23). The fourth-order valence-electron chi connectivity index (χ4n) is 1.94. The zero-order valence-corrected chi connectivity index (χ0v) is 14.0. The molecule has 24 heavy (non-hydrogen) atoms. The van der Waals surface area contributed by atoms with Crippen molar-refractivity contribution < 1.29 is 14.3 Å². The Kier molecular flexibility index (Phi) is 5.89. The Bertz CT molecular complexity index is 712. The molecule has 0 spiro atoms. The number of carbonyl (C=O) groups excluding carboxylic acids is 2. The molecule has 0 unspecified atom stereocenters. The van der Waals surface area contributed by atoms with Crippen LogP contribution in [-0.2, 0) is 4.79 Å². The molecule has 0 aliphatic heterocycles. The number of anilines is 2. The number of hydrogen-bond donors (Lipinski definition) is 2. The van der Waals surface area contributed by atoms with Gasteiger partial charge in [0.1, 0.15) is 5.56 Å². The average Bonchev–Trinajstić information content (AvgIpc) is 2.57. The fraction of sp³-hybridized carbons (Fsp3) is 0.278. The van der Waals surface area contributed by atoms with Gasteiger partial charge >= 0.3 is 0 Å². The minimum Gasteiger partial charge on any atom is -0.477 e. The molecule has 2 rings (SSSR count). The van der Waals surface area contributed by atoms with Crippen LogP contribution < -0.4 is 15.4 Å². The fourth-order valence-corrected chi connectivity index (χ4v) is 1.94. The number of hydrogen-bond acceptors (Lipinski definition) is 4. The number of benzene rings is 1. The first kappa shape index (κ1) is 17.5. The van der Waals surface area contributed by atoms with Crippen LogP contribution in [0.5, 0.6) is 5.88 Å². The zero-order valence-electron chi connectivity index (χ0n) is 14.0. The second kappa shape index (κ2) is 8.10. The molecule has 0 radical (unpaired) electrons. The van der Waals surface area contributed by atoms with Crippen molar-refractivity contribution in [1.29, 1.82) is 0 Å². The summed E-state index contributed by atoms with van der Waals surface area (Å²) in [6, 6.07) is 10.3. The lowest BCUT2D eigenvalue weighted by molar-refractivity contribution is -0.118. The third-order valence-electron chi connectivity index (χ3n) is 3.23. The Morgan fingerprint density at radius 3 is 2.29 bits per heavy atom. The first-order valence-electron chi connectivity index (χ1n) is 7.81. The molecule has 126 valence electrons. The SMILES string of the molecule is CCOc1ncccc1C(=O)Nc1ccc(NC(=O)C(C)C)cc1. The van der Waals surface area contributed by atoms with Crippen molar-refractivity contribution in [3.05, 3.63) is 48.2 Å². The van der Waals surface area contributed by atoms with E-state index in [1.54, 1.807) is 42.6 Å². The summed E-state index contributed by atoms with van der Waals surface area (Å²) in [6.45, 7) is 5.92. The van der Waals surface area contributed by atoms with E-state index in [0.29, 0.717) is 29.4 Å². The van der Waals surface area contributed by atoms with Gasteiger partial charge in [-0.2, -0.15) is 0 Å². The van der Waals surface area contributed by atoms with Crippen molar-refractivity contribution in [3.8, 4) is 5.88 Å². The van der Waals surface area contributed by atoms with Crippen molar-refractivity contribution in [2.75, 3.05) is 17.2 Å². The van der Waals surface area contributed by atoms with Gasteiger partial charge in [0.15, 0.2) is 0 Å². The Balaban J connectivity index is 2.06. The van der Waals surface area contributed by atoms with E-state index in [1.165, 1.54) is 0 Å². The largest absolute Gasteiger partial charge is 0.477 e. The third kappa shape index (κ3) is 4.55. The van der Waals surface area contributed by atoms with Gasteiger partial charge in [-0.3, -0.25) is 9.59 Å². The number of nitrogens with one attached hydrogen (secondary N) is 2. The Morgan fingerprint density at radius 2 is 1.71 bits per heavy atom. The number of nitrogens with zero attached hydrogens (tertiary/aromatic N) is 1. The lowest BCUT2D eigenvalue weighted by Gasteiger charge is -2.11. The van der Waals surface area contributed by atoms with E-state index >= 15 is 0 Å². The van der Waals surface area contributed by atoms with Crippen LogP contribution >= 0.6 is 0 Å². The lowest BCUT2D eigenvalue weighted by Crippen LogP contribution is -2.18. The molecule has 0 aliphatic carbocycles. The van der Waals surface area contributed by atoms with E-state index in [0.717, 1.165) is 0 Å². The normalized spacial score (nSPS) is 10.3. The minimum atomic E-state index is -0.300. The maximum atomic E-state index is 12.4. The van der Waals surface area contributed by atoms with Crippen LogP contribution in [0.3, 0.4) is 0 Å². The van der Waals surface area contributed by atoms with Crippen molar-refractivity contribution in [3.63, 3.8) is 0 Å². The van der Waals surface area contributed by atoms with Gasteiger partial charge in [-0.15, -0.1) is 0 Å². The van der Waals surface area contributed by atoms with Gasteiger partial charge in [0.05, 0.1) is 6.61 Å². The summed E-state index contributed by atoms with van der Waals surface area (Å²) < 4.78 is 5.36. The van der Waals surface area contributed by atoms with Gasteiger partial charge in [0, 0.05) is 23.5 Å². The number of amides is 2. The molecule has 6 heteroatoms. The smallest absolute Gasteiger partial charge is 0.261 e. The number of ether oxygens (including phenoxy) is 1. The molecule has 0 atom stereocenters. The number of aromatic nitrogens is 1. The Hall–Kier alpha value is -2.89. The van der Waals surface area contributed by atoms with E-state index < -0.39 is 0 Å². The predicted octanol–water partition coefficient (Wildman–Crippen LogP) is 3.33. The number of rotatable bonds is 6. The zero-order chi connectivity index (χ0) is 17.5. The quantitative estimate of drug-likeness (QED) is 0.853. The van der Waals surface area contributed by atoms with E-state index in [9.17, 15) is 9.59 Å². The van der Waals surface area contributed by atoms with Gasteiger partial charge in [0.25, 0.3) is 5.91 Å². The summed E-state index contributed by atoms with van der Waals surface area (Å²) >= 11 is 0. The highest BCUT2D eigenvalue weighted by atomic mass is 16.5. The second-order valence-corrected chi connectivity index (χ2v) is 5.46. The highest BCUT2D eigenvalue weighted by Crippen LogP contribution is 2.18. The highest BCUT2D eigenvalue weighted by Gasteiger charge is 2.13. The summed E-state index contributed by atoms with van der Waals surface area (Å²) in [5, 5.41) is 5.59. The van der Waals surface area contributed by atoms with E-state index in [4.69, 9.17) is 4.74 Å². The Morgan fingerprint density at radius 1 is 1.08 bits per heavy atom. The summed E-state index contributed by atoms with van der Waals surface area (Å²) in [5.74, 6) is -0.140. The topological polar surface area (TPSA) is 80.3 Å². The molecule has 2 N–H and O–H groups in total. The molecule has 0 saturated carbocycles. The van der Waals surface area contributed by atoms with Crippen LogP contribution in [0.15, 0.2) is 42.6 Å². The molecule has 2 aromatic rings. The molecule has 0 aliphatic rings. The van der Waals surface area contributed by atoms with Crippen molar-refractivity contribution >= 4 is 23.2 Å². The van der Waals surface area contributed by atoms with Crippen LogP contribution in [0.1, 0.15) is 31.1 Å². The minimum absolute atomic E-state index is 0.0523. The van der Waals surface area contributed by atoms with Crippen molar-refractivity contribution in [1.82, 2.24) is 4.98 Å². The predicted molar refractivity (Wildman–Crippen MR) is 93.3 cm³/mol. The van der Waals surface area contributed by atoms with Crippen LogP contribution in [0, 0.1) is 5.92 Å². The van der Waals surface area contributed by atoms with Gasteiger partial charge in [-0.05, 0) is 43.3 Å². The molecule has 1 aromatic carbocycles. The molecule has 1 aromatic heterocycles. The summed E-state index contributed by atoms with van der Waals surface area (Å²) in [7, 11) is 0. The molecular weight excluding hydrogens is 306 g/mol. The molecule has 1 heterocycles. The lowest BCUT2D eigenvalue weighted by atomic mass is 10.2. The maximum absolute atomic E-state index is 12.4. The van der Waals surface area contributed by atoms with Gasteiger partial charge in [0.2, 0.25) is 11.8 Å². The molecule has 0 fully saturated rings. The Labute approximate surface area is 141 Å². The maximum Gasteiger partial charge on any atom is 0.261 e. The van der Waals surface area contributed by atoms with E-state index in [2.05, 4.69) is 15.6 Å². The van der Waals surface area contributed by atoms with Crippen molar-refractivity contribution in [2.24, 2.45) is 5.92 Å². The first-order chi connectivity index (χ1) is 11.5. The molecular formula is C18H21N3O3. The number of carbonyl (C=O) groups is 2. The summed E-state index contributed by atoms with van der Waals surface area (Å²) in [4.78, 5) is 28.1. The van der Waals surface area contributed by atoms with Crippen LogP contribution in [0.2, 0.25) is 0 Å². The van der Waals surface area contributed by atoms with E-state index in [-0.39, 0.29) is 17.7 Å².